The molecule has 0 amide bonds. The fourth-order valence-corrected chi connectivity index (χ4v) is 2.98. The van der Waals surface area contributed by atoms with Gasteiger partial charge in [-0.05, 0) is 58.7 Å². The Morgan fingerprint density at radius 2 is 2.05 bits per heavy atom. The molecular weight excluding hydrogens is 262 g/mol. The van der Waals surface area contributed by atoms with E-state index in [0.29, 0.717) is 18.7 Å². The summed E-state index contributed by atoms with van der Waals surface area (Å²) < 4.78 is 5.51. The van der Waals surface area contributed by atoms with Crippen LogP contribution in [0.15, 0.2) is 24.3 Å². The molecule has 118 valence electrons. The summed E-state index contributed by atoms with van der Waals surface area (Å²) in [5.41, 5.74) is 1.33. The Balaban J connectivity index is 1.93. The Hall–Kier alpha value is -1.10. The third kappa shape index (κ3) is 4.43. The predicted octanol–water partition coefficient (Wildman–Crippen LogP) is 1.98. The largest absolute Gasteiger partial charge is 0.494 e. The molecule has 21 heavy (non-hydrogen) atoms. The summed E-state index contributed by atoms with van der Waals surface area (Å²) in [7, 11) is 6.40. The molecule has 0 bridgehead atoms. The van der Waals surface area contributed by atoms with Gasteiger partial charge in [-0.15, -0.1) is 0 Å². The molecule has 4 heteroatoms. The van der Waals surface area contributed by atoms with Crippen LogP contribution >= 0.6 is 0 Å². The maximum Gasteiger partial charge on any atom is 0.119 e. The minimum atomic E-state index is 0.376. The van der Waals surface area contributed by atoms with Crippen LogP contribution in [0.2, 0.25) is 0 Å². The summed E-state index contributed by atoms with van der Waals surface area (Å²) in [6.07, 6.45) is 1.27. The van der Waals surface area contributed by atoms with Crippen LogP contribution < -0.4 is 10.1 Å². The minimum Gasteiger partial charge on any atom is -0.494 e. The molecule has 0 spiro atoms. The van der Waals surface area contributed by atoms with Crippen molar-refractivity contribution in [3.8, 4) is 5.75 Å². The smallest absolute Gasteiger partial charge is 0.119 e. The zero-order valence-corrected chi connectivity index (χ0v) is 13.8. The molecule has 1 aromatic rings. The summed E-state index contributed by atoms with van der Waals surface area (Å²) >= 11 is 0. The highest BCUT2D eigenvalue weighted by Gasteiger charge is 2.25. The summed E-state index contributed by atoms with van der Waals surface area (Å²) in [4.78, 5) is 4.90. The second kappa shape index (κ2) is 7.78. The average molecular weight is 291 g/mol. The number of likely N-dealkylation sites (tertiary alicyclic amines) is 1. The molecule has 0 saturated carbocycles. The summed E-state index contributed by atoms with van der Waals surface area (Å²) in [6.45, 7) is 6.16. The van der Waals surface area contributed by atoms with E-state index in [2.05, 4.69) is 53.5 Å². The van der Waals surface area contributed by atoms with Crippen molar-refractivity contribution < 1.29 is 4.74 Å². The lowest BCUT2D eigenvalue weighted by Gasteiger charge is -2.25. The van der Waals surface area contributed by atoms with Crippen LogP contribution in [-0.4, -0.2) is 63.2 Å². The van der Waals surface area contributed by atoms with Crippen molar-refractivity contribution in [2.24, 2.45) is 0 Å². The second-order valence-electron chi connectivity index (χ2n) is 6.01. The number of hydrogen-bond acceptors (Lipinski definition) is 4. The van der Waals surface area contributed by atoms with E-state index in [-0.39, 0.29) is 0 Å². The zero-order valence-electron chi connectivity index (χ0n) is 13.8. The third-order valence-corrected chi connectivity index (χ3v) is 4.36. The molecule has 1 fully saturated rings. The summed E-state index contributed by atoms with van der Waals surface area (Å²) in [5, 5.41) is 3.44. The molecule has 1 N–H and O–H groups in total. The van der Waals surface area contributed by atoms with Crippen LogP contribution in [0.25, 0.3) is 0 Å². The number of hydrogen-bond donors (Lipinski definition) is 1. The molecular formula is C17H29N3O. The number of benzene rings is 1. The molecule has 2 atom stereocenters. The first-order valence-electron chi connectivity index (χ1n) is 7.92. The molecule has 1 aliphatic rings. The Kier molecular flexibility index (Phi) is 6.03. The molecule has 0 aliphatic carbocycles. The summed E-state index contributed by atoms with van der Waals surface area (Å²) in [5.74, 6) is 0.949. The lowest BCUT2D eigenvalue weighted by Crippen LogP contribution is -2.35. The quantitative estimate of drug-likeness (QED) is 0.831. The van der Waals surface area contributed by atoms with Crippen molar-refractivity contribution >= 4 is 0 Å². The molecule has 4 nitrogen and oxygen atoms in total. The Morgan fingerprint density at radius 1 is 1.33 bits per heavy atom. The number of likely N-dealkylation sites (N-methyl/N-ethyl adjacent to an activating group) is 2. The average Bonchev–Trinajstić information content (AvgIpc) is 2.95. The van der Waals surface area contributed by atoms with Crippen molar-refractivity contribution in [3.05, 3.63) is 29.8 Å². The molecule has 0 radical (unpaired) electrons. The second-order valence-corrected chi connectivity index (χ2v) is 6.01. The minimum absolute atomic E-state index is 0.376. The van der Waals surface area contributed by atoms with Gasteiger partial charge in [0.25, 0.3) is 0 Å². The van der Waals surface area contributed by atoms with E-state index in [1.165, 1.54) is 25.1 Å². The topological polar surface area (TPSA) is 27.7 Å². The fourth-order valence-electron chi connectivity index (χ4n) is 2.98. The molecule has 1 aromatic carbocycles. The Morgan fingerprint density at radius 3 is 2.57 bits per heavy atom. The van der Waals surface area contributed by atoms with Crippen molar-refractivity contribution in [2.45, 2.75) is 25.4 Å². The highest BCUT2D eigenvalue weighted by Crippen LogP contribution is 2.21. The van der Waals surface area contributed by atoms with E-state index in [1.807, 2.05) is 14.0 Å². The van der Waals surface area contributed by atoms with Gasteiger partial charge in [0.2, 0.25) is 0 Å². The molecule has 1 saturated heterocycles. The van der Waals surface area contributed by atoms with Crippen LogP contribution in [0.4, 0.5) is 0 Å². The van der Waals surface area contributed by atoms with E-state index in [0.717, 1.165) is 12.3 Å². The van der Waals surface area contributed by atoms with Crippen LogP contribution in [-0.2, 0) is 0 Å². The maximum absolute atomic E-state index is 5.51. The standard InChI is InChI=1S/C17H29N3O/c1-5-21-16-8-6-14(7-9-16)17(18-2)13-20-11-10-15(12-20)19(3)4/h6-9,15,17-18H,5,10-13H2,1-4H3. The normalized spacial score (nSPS) is 20.9. The summed E-state index contributed by atoms with van der Waals surface area (Å²) in [6, 6.07) is 9.55. The van der Waals surface area contributed by atoms with Gasteiger partial charge in [0.15, 0.2) is 0 Å². The first-order chi connectivity index (χ1) is 10.1. The van der Waals surface area contributed by atoms with Crippen LogP contribution in [0.1, 0.15) is 24.9 Å². The van der Waals surface area contributed by atoms with Gasteiger partial charge in [-0.2, -0.15) is 0 Å². The number of nitrogens with one attached hydrogen (secondary N) is 1. The number of rotatable bonds is 7. The van der Waals surface area contributed by atoms with E-state index >= 15 is 0 Å². The van der Waals surface area contributed by atoms with Gasteiger partial charge in [-0.25, -0.2) is 0 Å². The van der Waals surface area contributed by atoms with Crippen LogP contribution in [0.3, 0.4) is 0 Å². The van der Waals surface area contributed by atoms with Gasteiger partial charge < -0.3 is 15.0 Å². The van der Waals surface area contributed by atoms with Gasteiger partial charge >= 0.3 is 0 Å². The molecule has 2 rings (SSSR count). The van der Waals surface area contributed by atoms with Crippen LogP contribution in [0.5, 0.6) is 5.75 Å². The monoisotopic (exact) mass is 291 g/mol. The lowest BCUT2D eigenvalue weighted by atomic mass is 10.1. The first-order valence-corrected chi connectivity index (χ1v) is 7.92. The van der Waals surface area contributed by atoms with E-state index < -0.39 is 0 Å². The van der Waals surface area contributed by atoms with E-state index in [9.17, 15) is 0 Å². The van der Waals surface area contributed by atoms with Gasteiger partial charge in [0, 0.05) is 25.2 Å². The van der Waals surface area contributed by atoms with Gasteiger partial charge in [0.1, 0.15) is 5.75 Å². The van der Waals surface area contributed by atoms with Crippen molar-refractivity contribution in [2.75, 3.05) is 47.4 Å². The number of nitrogens with zero attached hydrogens (tertiary/aromatic N) is 2. The molecule has 0 aromatic heterocycles. The van der Waals surface area contributed by atoms with E-state index in [4.69, 9.17) is 4.74 Å². The van der Waals surface area contributed by atoms with Crippen molar-refractivity contribution in [1.29, 1.82) is 0 Å². The van der Waals surface area contributed by atoms with Gasteiger partial charge in [0.05, 0.1) is 6.61 Å². The predicted molar refractivity (Wildman–Crippen MR) is 87.9 cm³/mol. The number of ether oxygens (including phenoxy) is 1. The zero-order chi connectivity index (χ0) is 15.2. The molecule has 1 heterocycles. The Labute approximate surface area is 129 Å². The molecule has 2 unspecified atom stereocenters. The molecule has 1 aliphatic heterocycles. The maximum atomic E-state index is 5.51. The van der Waals surface area contributed by atoms with Gasteiger partial charge in [-0.1, -0.05) is 12.1 Å². The SMILES string of the molecule is CCOc1ccc(C(CN2CCC(N(C)C)C2)NC)cc1. The first kappa shape index (κ1) is 16.3. The highest BCUT2D eigenvalue weighted by molar-refractivity contribution is 5.29. The van der Waals surface area contributed by atoms with Crippen molar-refractivity contribution in [3.63, 3.8) is 0 Å². The third-order valence-electron chi connectivity index (χ3n) is 4.36. The van der Waals surface area contributed by atoms with E-state index in [1.54, 1.807) is 0 Å². The Bertz CT molecular complexity index is 419. The van der Waals surface area contributed by atoms with Crippen LogP contribution in [0, 0.1) is 0 Å². The van der Waals surface area contributed by atoms with Crippen molar-refractivity contribution in [1.82, 2.24) is 15.1 Å². The van der Waals surface area contributed by atoms with Gasteiger partial charge in [-0.3, -0.25) is 4.90 Å². The highest BCUT2D eigenvalue weighted by atomic mass is 16.5. The fraction of sp³-hybridized carbons (Fsp3) is 0.647. The lowest BCUT2D eigenvalue weighted by molar-refractivity contribution is 0.253.